The molecule has 2 heterocycles. The summed E-state index contributed by atoms with van der Waals surface area (Å²) >= 11 is 0. The molecular weight excluding hydrogens is 309 g/mol. The predicted octanol–water partition coefficient (Wildman–Crippen LogP) is 1.61. The summed E-state index contributed by atoms with van der Waals surface area (Å²) < 4.78 is 63.9. The Morgan fingerprint density at radius 3 is 2.67 bits per heavy atom. The molecule has 2 rings (SSSR count). The maximum Gasteiger partial charge on any atom is 0.390 e. The van der Waals surface area contributed by atoms with E-state index in [-0.39, 0.29) is 10.8 Å². The zero-order chi connectivity index (χ0) is 15.7. The van der Waals surface area contributed by atoms with Crippen molar-refractivity contribution < 1.29 is 21.6 Å². The maximum atomic E-state index is 12.2. The van der Waals surface area contributed by atoms with Gasteiger partial charge in [0.25, 0.3) is 10.0 Å². The highest BCUT2D eigenvalue weighted by atomic mass is 32.2. The van der Waals surface area contributed by atoms with Gasteiger partial charge in [-0.05, 0) is 12.1 Å². The van der Waals surface area contributed by atoms with E-state index in [1.807, 2.05) is 4.72 Å². The minimum atomic E-state index is -4.42. The van der Waals surface area contributed by atoms with Gasteiger partial charge < -0.3 is 5.32 Å². The number of pyridine rings is 1. The Morgan fingerprint density at radius 1 is 1.33 bits per heavy atom. The van der Waals surface area contributed by atoms with Gasteiger partial charge in [-0.2, -0.15) is 13.2 Å². The van der Waals surface area contributed by atoms with E-state index in [2.05, 4.69) is 10.3 Å². The lowest BCUT2D eigenvalue weighted by molar-refractivity contribution is -0.132. The fraction of sp³-hybridized carbons (Fsp3) is 0.364. The van der Waals surface area contributed by atoms with Crippen molar-refractivity contribution in [2.24, 2.45) is 0 Å². The van der Waals surface area contributed by atoms with E-state index in [9.17, 15) is 21.6 Å². The van der Waals surface area contributed by atoms with Crippen LogP contribution in [0.4, 0.5) is 19.0 Å². The first-order valence-electron chi connectivity index (χ1n) is 5.96. The number of sulfonamides is 1. The summed E-state index contributed by atoms with van der Waals surface area (Å²) in [5.74, 6) is 0.0701. The molecule has 0 amide bonds. The number of hydrogen-bond acceptors (Lipinski definition) is 4. The molecule has 0 spiro atoms. The van der Waals surface area contributed by atoms with Crippen LogP contribution in [0.15, 0.2) is 29.4 Å². The van der Waals surface area contributed by atoms with Crippen LogP contribution in [0.5, 0.6) is 0 Å². The number of nitrogens with one attached hydrogen (secondary N) is 2. The molecule has 0 aliphatic heterocycles. The first-order valence-corrected chi connectivity index (χ1v) is 7.44. The fourth-order valence-corrected chi connectivity index (χ4v) is 3.11. The van der Waals surface area contributed by atoms with Crippen molar-refractivity contribution in [3.63, 3.8) is 0 Å². The molecule has 21 heavy (non-hydrogen) atoms. The molecule has 0 radical (unpaired) electrons. The molecule has 6 nitrogen and oxygen atoms in total. The van der Waals surface area contributed by atoms with E-state index in [1.54, 1.807) is 18.2 Å². The van der Waals surface area contributed by atoms with Gasteiger partial charge in [0.1, 0.15) is 5.65 Å². The Balaban J connectivity index is 2.35. The third-order valence-corrected chi connectivity index (χ3v) is 4.16. The normalized spacial score (nSPS) is 12.8. The summed E-state index contributed by atoms with van der Waals surface area (Å²) in [6.45, 7) is -0.727. The SMILES string of the molecule is CNc1nc2ccccn2c1S(=O)(=O)NCCC(F)(F)F. The number of aromatic nitrogens is 2. The zero-order valence-electron chi connectivity index (χ0n) is 11.0. The topological polar surface area (TPSA) is 75.5 Å². The number of hydrogen-bond donors (Lipinski definition) is 2. The number of anilines is 1. The van der Waals surface area contributed by atoms with E-state index in [4.69, 9.17) is 0 Å². The van der Waals surface area contributed by atoms with Gasteiger partial charge in [0.2, 0.25) is 0 Å². The van der Waals surface area contributed by atoms with Crippen molar-refractivity contribution >= 4 is 21.5 Å². The van der Waals surface area contributed by atoms with Crippen molar-refractivity contribution in [1.29, 1.82) is 0 Å². The Hall–Kier alpha value is -1.81. The van der Waals surface area contributed by atoms with Gasteiger partial charge in [0.15, 0.2) is 10.8 Å². The van der Waals surface area contributed by atoms with Crippen molar-refractivity contribution in [3.8, 4) is 0 Å². The third-order valence-electron chi connectivity index (χ3n) is 2.68. The van der Waals surface area contributed by atoms with Crippen LogP contribution in [-0.4, -0.2) is 37.6 Å². The molecule has 2 N–H and O–H groups in total. The summed E-state index contributed by atoms with van der Waals surface area (Å²) in [5.41, 5.74) is 0.373. The van der Waals surface area contributed by atoms with Crippen LogP contribution in [0.3, 0.4) is 0 Å². The molecule has 2 aromatic rings. The molecular formula is C11H13F3N4O2S. The number of alkyl halides is 3. The Morgan fingerprint density at radius 2 is 2.05 bits per heavy atom. The minimum Gasteiger partial charge on any atom is -0.371 e. The molecule has 0 unspecified atom stereocenters. The van der Waals surface area contributed by atoms with Gasteiger partial charge in [-0.3, -0.25) is 4.40 Å². The fourth-order valence-electron chi connectivity index (χ4n) is 1.79. The first-order chi connectivity index (χ1) is 9.74. The van der Waals surface area contributed by atoms with Crippen LogP contribution in [0.1, 0.15) is 6.42 Å². The van der Waals surface area contributed by atoms with Crippen LogP contribution < -0.4 is 10.0 Å². The molecule has 116 valence electrons. The second kappa shape index (κ2) is 5.53. The average molecular weight is 322 g/mol. The van der Waals surface area contributed by atoms with Crippen LogP contribution in [0.25, 0.3) is 5.65 Å². The van der Waals surface area contributed by atoms with E-state index in [1.165, 1.54) is 17.6 Å². The summed E-state index contributed by atoms with van der Waals surface area (Å²) in [6, 6.07) is 4.87. The lowest BCUT2D eigenvalue weighted by Crippen LogP contribution is -2.29. The van der Waals surface area contributed by atoms with E-state index < -0.39 is 29.2 Å². The average Bonchev–Trinajstić information content (AvgIpc) is 2.75. The van der Waals surface area contributed by atoms with E-state index in [0.29, 0.717) is 5.65 Å². The van der Waals surface area contributed by atoms with E-state index >= 15 is 0 Å². The smallest absolute Gasteiger partial charge is 0.371 e. The predicted molar refractivity (Wildman–Crippen MR) is 70.6 cm³/mol. The summed E-state index contributed by atoms with van der Waals surface area (Å²) in [7, 11) is -2.64. The second-order valence-electron chi connectivity index (χ2n) is 4.21. The lowest BCUT2D eigenvalue weighted by Gasteiger charge is -2.09. The van der Waals surface area contributed by atoms with Crippen molar-refractivity contribution in [2.45, 2.75) is 17.6 Å². The molecule has 0 atom stereocenters. The Labute approximate surface area is 119 Å². The number of rotatable bonds is 5. The summed E-state index contributed by atoms with van der Waals surface area (Å²) in [5, 5.41) is 2.40. The van der Waals surface area contributed by atoms with Crippen LogP contribution >= 0.6 is 0 Å². The van der Waals surface area contributed by atoms with Gasteiger partial charge in [-0.15, -0.1) is 0 Å². The van der Waals surface area contributed by atoms with Crippen LogP contribution in [-0.2, 0) is 10.0 Å². The third kappa shape index (κ3) is 3.45. The minimum absolute atomic E-state index is 0.0701. The van der Waals surface area contributed by atoms with Crippen molar-refractivity contribution in [1.82, 2.24) is 14.1 Å². The van der Waals surface area contributed by atoms with Gasteiger partial charge >= 0.3 is 6.18 Å². The first kappa shape index (κ1) is 15.6. The number of fused-ring (bicyclic) bond motifs is 1. The molecule has 2 aromatic heterocycles. The highest BCUT2D eigenvalue weighted by Gasteiger charge is 2.29. The van der Waals surface area contributed by atoms with Gasteiger partial charge in [0.05, 0.1) is 6.42 Å². The van der Waals surface area contributed by atoms with E-state index in [0.717, 1.165) is 0 Å². The summed E-state index contributed by atoms with van der Waals surface area (Å²) in [4.78, 5) is 4.06. The molecule has 0 fully saturated rings. The maximum absolute atomic E-state index is 12.2. The molecule has 0 aromatic carbocycles. The lowest BCUT2D eigenvalue weighted by atomic mass is 10.4. The molecule has 0 bridgehead atoms. The van der Waals surface area contributed by atoms with Crippen LogP contribution in [0.2, 0.25) is 0 Å². The highest BCUT2D eigenvalue weighted by molar-refractivity contribution is 7.89. The number of imidazole rings is 1. The zero-order valence-corrected chi connectivity index (χ0v) is 11.8. The largest absolute Gasteiger partial charge is 0.390 e. The molecule has 10 heteroatoms. The van der Waals surface area contributed by atoms with Crippen molar-refractivity contribution in [3.05, 3.63) is 24.4 Å². The number of nitrogens with zero attached hydrogens (tertiary/aromatic N) is 2. The Kier molecular flexibility index (Phi) is 4.10. The monoisotopic (exact) mass is 322 g/mol. The van der Waals surface area contributed by atoms with Gasteiger partial charge in [0, 0.05) is 19.8 Å². The van der Waals surface area contributed by atoms with Gasteiger partial charge in [-0.1, -0.05) is 6.07 Å². The van der Waals surface area contributed by atoms with Crippen LogP contribution in [0, 0.1) is 0 Å². The molecule has 0 aliphatic carbocycles. The van der Waals surface area contributed by atoms with Gasteiger partial charge in [-0.25, -0.2) is 18.1 Å². The summed E-state index contributed by atoms with van der Waals surface area (Å²) in [6.07, 6.45) is -4.19. The standard InChI is InChI=1S/C11H13F3N4O2S/c1-15-9-10(18-7-3-2-4-8(18)17-9)21(19,20)16-6-5-11(12,13)14/h2-4,7,15-16H,5-6H2,1H3. The number of halogens is 3. The van der Waals surface area contributed by atoms with Crippen molar-refractivity contribution in [2.75, 3.05) is 18.9 Å². The highest BCUT2D eigenvalue weighted by Crippen LogP contribution is 2.23. The molecule has 0 aliphatic rings. The molecule has 0 saturated heterocycles. The quantitative estimate of drug-likeness (QED) is 0.877. The molecule has 0 saturated carbocycles. The second-order valence-corrected chi connectivity index (χ2v) is 5.89. The Bertz CT molecular complexity index is 739.